The highest BCUT2D eigenvalue weighted by molar-refractivity contribution is 6.30. The van der Waals surface area contributed by atoms with Gasteiger partial charge in [0.05, 0.1) is 12.3 Å². The number of benzene rings is 2. The highest BCUT2D eigenvalue weighted by Crippen LogP contribution is 2.21. The molecule has 0 fully saturated rings. The standard InChI is InChI=1S/C22H26ClN3O2/c1-15(2)24-22(27)26(13-17-8-6-9-18(23)11-17)14-19-12-21(25-28-19)20-10-5-4-7-16(20)3/h4-11,15,19H,12-14H2,1-3H3,(H,24,27)/t19-/m0/s1. The van der Waals surface area contributed by atoms with Gasteiger partial charge in [-0.15, -0.1) is 0 Å². The lowest BCUT2D eigenvalue weighted by molar-refractivity contribution is 0.0586. The van der Waals surface area contributed by atoms with Gasteiger partial charge in [-0.3, -0.25) is 0 Å². The van der Waals surface area contributed by atoms with Gasteiger partial charge in [-0.2, -0.15) is 0 Å². The van der Waals surface area contributed by atoms with Crippen LogP contribution in [-0.2, 0) is 11.4 Å². The molecule has 0 aliphatic carbocycles. The maximum Gasteiger partial charge on any atom is 0.318 e. The first kappa shape index (κ1) is 20.2. The minimum Gasteiger partial charge on any atom is -0.390 e. The molecular formula is C22H26ClN3O2. The van der Waals surface area contributed by atoms with Crippen LogP contribution in [0.5, 0.6) is 0 Å². The van der Waals surface area contributed by atoms with Gasteiger partial charge in [-0.1, -0.05) is 53.2 Å². The molecule has 0 unspecified atom stereocenters. The number of rotatable bonds is 6. The molecule has 2 amide bonds. The van der Waals surface area contributed by atoms with Crippen LogP contribution in [0.4, 0.5) is 4.79 Å². The number of oxime groups is 1. The zero-order chi connectivity index (χ0) is 20.1. The first-order valence-electron chi connectivity index (χ1n) is 9.51. The number of hydrogen-bond donors (Lipinski definition) is 1. The molecule has 1 aliphatic heterocycles. The Morgan fingerprint density at radius 3 is 2.79 bits per heavy atom. The summed E-state index contributed by atoms with van der Waals surface area (Å²) in [5.74, 6) is 0. The van der Waals surface area contributed by atoms with Gasteiger partial charge in [0.1, 0.15) is 0 Å². The van der Waals surface area contributed by atoms with Crippen LogP contribution in [0.15, 0.2) is 53.7 Å². The lowest BCUT2D eigenvalue weighted by Gasteiger charge is -2.26. The normalized spacial score (nSPS) is 15.9. The van der Waals surface area contributed by atoms with Crippen molar-refractivity contribution in [3.8, 4) is 0 Å². The van der Waals surface area contributed by atoms with Gasteiger partial charge in [-0.25, -0.2) is 4.79 Å². The summed E-state index contributed by atoms with van der Waals surface area (Å²) in [7, 11) is 0. The topological polar surface area (TPSA) is 53.9 Å². The van der Waals surface area contributed by atoms with Crippen LogP contribution < -0.4 is 5.32 Å². The quantitative estimate of drug-likeness (QED) is 0.761. The van der Waals surface area contributed by atoms with Gasteiger partial charge < -0.3 is 15.1 Å². The van der Waals surface area contributed by atoms with Crippen molar-refractivity contribution in [3.63, 3.8) is 0 Å². The summed E-state index contributed by atoms with van der Waals surface area (Å²) in [6.07, 6.45) is 0.498. The van der Waals surface area contributed by atoms with E-state index in [1.165, 1.54) is 5.56 Å². The van der Waals surface area contributed by atoms with Crippen molar-refractivity contribution in [2.45, 2.75) is 45.9 Å². The molecule has 0 bridgehead atoms. The number of halogens is 1. The van der Waals surface area contributed by atoms with E-state index in [1.54, 1.807) is 4.90 Å². The lowest BCUT2D eigenvalue weighted by atomic mass is 10.0. The Labute approximate surface area is 171 Å². The van der Waals surface area contributed by atoms with E-state index in [2.05, 4.69) is 29.5 Å². The fourth-order valence-electron chi connectivity index (χ4n) is 3.24. The van der Waals surface area contributed by atoms with Crippen molar-refractivity contribution >= 4 is 23.3 Å². The summed E-state index contributed by atoms with van der Waals surface area (Å²) in [4.78, 5) is 20.1. The number of hydrogen-bond acceptors (Lipinski definition) is 3. The number of carbonyl (C=O) groups excluding carboxylic acids is 1. The molecule has 6 heteroatoms. The Morgan fingerprint density at radius 2 is 2.07 bits per heavy atom. The second kappa shape index (κ2) is 9.11. The third-order valence-electron chi connectivity index (χ3n) is 4.57. The Morgan fingerprint density at radius 1 is 1.29 bits per heavy atom. The molecule has 1 heterocycles. The highest BCUT2D eigenvalue weighted by atomic mass is 35.5. The largest absolute Gasteiger partial charge is 0.390 e. The molecule has 148 valence electrons. The predicted octanol–water partition coefficient (Wildman–Crippen LogP) is 4.76. The van der Waals surface area contributed by atoms with Crippen LogP contribution in [0.3, 0.4) is 0 Å². The van der Waals surface area contributed by atoms with Gasteiger partial charge in [0.2, 0.25) is 0 Å². The van der Waals surface area contributed by atoms with Crippen molar-refractivity contribution in [2.75, 3.05) is 6.54 Å². The maximum absolute atomic E-state index is 12.7. The van der Waals surface area contributed by atoms with Crippen molar-refractivity contribution in [1.29, 1.82) is 0 Å². The summed E-state index contributed by atoms with van der Waals surface area (Å²) in [5.41, 5.74) is 4.16. The van der Waals surface area contributed by atoms with Crippen molar-refractivity contribution in [3.05, 3.63) is 70.2 Å². The number of aryl methyl sites for hydroxylation is 1. The molecule has 0 saturated heterocycles. The molecule has 0 saturated carbocycles. The molecule has 5 nitrogen and oxygen atoms in total. The number of nitrogens with one attached hydrogen (secondary N) is 1. The number of urea groups is 1. The molecule has 0 radical (unpaired) electrons. The number of carbonyl (C=O) groups is 1. The summed E-state index contributed by atoms with van der Waals surface area (Å²) in [6, 6.07) is 15.6. The Kier molecular flexibility index (Phi) is 6.57. The van der Waals surface area contributed by atoms with Gasteiger partial charge in [0.15, 0.2) is 6.10 Å². The smallest absolute Gasteiger partial charge is 0.318 e. The minimum atomic E-state index is -0.174. The van der Waals surface area contributed by atoms with Crippen LogP contribution in [0, 0.1) is 6.92 Å². The monoisotopic (exact) mass is 399 g/mol. The average Bonchev–Trinajstić information content (AvgIpc) is 3.09. The van der Waals surface area contributed by atoms with E-state index >= 15 is 0 Å². The fraction of sp³-hybridized carbons (Fsp3) is 0.364. The molecule has 3 rings (SSSR count). The maximum atomic E-state index is 12.7. The van der Waals surface area contributed by atoms with Crippen molar-refractivity contribution in [2.24, 2.45) is 5.16 Å². The van der Waals surface area contributed by atoms with Crippen LogP contribution in [-0.4, -0.2) is 35.3 Å². The van der Waals surface area contributed by atoms with Crippen LogP contribution in [0.25, 0.3) is 0 Å². The van der Waals surface area contributed by atoms with Crippen LogP contribution >= 0.6 is 11.6 Å². The van der Waals surface area contributed by atoms with Gasteiger partial charge in [-0.05, 0) is 44.0 Å². The third kappa shape index (κ3) is 5.26. The molecule has 0 spiro atoms. The third-order valence-corrected chi connectivity index (χ3v) is 4.81. The lowest BCUT2D eigenvalue weighted by Crippen LogP contribution is -2.45. The molecular weight excluding hydrogens is 374 g/mol. The number of nitrogens with zero attached hydrogens (tertiary/aromatic N) is 2. The second-order valence-corrected chi connectivity index (χ2v) is 7.84. The predicted molar refractivity (Wildman–Crippen MR) is 113 cm³/mol. The second-order valence-electron chi connectivity index (χ2n) is 7.40. The van der Waals surface area contributed by atoms with Gasteiger partial charge >= 0.3 is 6.03 Å². The molecule has 28 heavy (non-hydrogen) atoms. The molecule has 1 atom stereocenters. The van der Waals surface area contributed by atoms with Gasteiger partial charge in [0, 0.05) is 29.6 Å². The highest BCUT2D eigenvalue weighted by Gasteiger charge is 2.27. The van der Waals surface area contributed by atoms with Crippen LogP contribution in [0.2, 0.25) is 5.02 Å². The van der Waals surface area contributed by atoms with E-state index in [0.29, 0.717) is 24.5 Å². The average molecular weight is 400 g/mol. The van der Waals surface area contributed by atoms with E-state index in [9.17, 15) is 4.79 Å². The van der Waals surface area contributed by atoms with Gasteiger partial charge in [0.25, 0.3) is 0 Å². The van der Waals surface area contributed by atoms with E-state index in [1.807, 2.05) is 50.2 Å². The van der Waals surface area contributed by atoms with Crippen molar-refractivity contribution in [1.82, 2.24) is 10.2 Å². The Hall–Kier alpha value is -2.53. The summed E-state index contributed by atoms with van der Waals surface area (Å²) in [6.45, 7) is 6.86. The summed E-state index contributed by atoms with van der Waals surface area (Å²) >= 11 is 6.10. The molecule has 1 aliphatic rings. The zero-order valence-electron chi connectivity index (χ0n) is 16.5. The van der Waals surface area contributed by atoms with E-state index in [-0.39, 0.29) is 18.2 Å². The number of amides is 2. The molecule has 0 aromatic heterocycles. The van der Waals surface area contributed by atoms with Crippen molar-refractivity contribution < 1.29 is 9.63 Å². The fourth-order valence-corrected chi connectivity index (χ4v) is 3.45. The van der Waals surface area contributed by atoms with Crippen LogP contribution in [0.1, 0.15) is 37.0 Å². The Bertz CT molecular complexity index is 866. The molecule has 1 N–H and O–H groups in total. The minimum absolute atomic E-state index is 0.0534. The summed E-state index contributed by atoms with van der Waals surface area (Å²) < 4.78 is 0. The summed E-state index contributed by atoms with van der Waals surface area (Å²) in [5, 5.41) is 7.90. The molecule has 2 aromatic carbocycles. The van der Waals surface area contributed by atoms with E-state index < -0.39 is 0 Å². The van der Waals surface area contributed by atoms with E-state index in [0.717, 1.165) is 16.8 Å². The first-order valence-corrected chi connectivity index (χ1v) is 9.88. The SMILES string of the molecule is Cc1ccccc1C1=NO[C@H](CN(Cc2cccc(Cl)c2)C(=O)NC(C)C)C1. The Balaban J connectivity index is 1.69. The first-order chi connectivity index (χ1) is 13.4. The van der Waals surface area contributed by atoms with E-state index in [4.69, 9.17) is 16.4 Å². The molecule has 2 aromatic rings. The zero-order valence-corrected chi connectivity index (χ0v) is 17.2.